The van der Waals surface area contributed by atoms with E-state index in [9.17, 15) is 9.90 Å². The van der Waals surface area contributed by atoms with E-state index < -0.39 is 0 Å². The Bertz CT molecular complexity index is 1440. The number of nitrogens with zero attached hydrogens (tertiary/aromatic N) is 7. The molecular formula is C25H28N8O3. The molecule has 2 N–H and O–H groups in total. The van der Waals surface area contributed by atoms with Gasteiger partial charge in [-0.2, -0.15) is 10.2 Å². The van der Waals surface area contributed by atoms with E-state index in [0.29, 0.717) is 35.0 Å². The molecule has 4 aromatic heterocycles. The lowest BCUT2D eigenvalue weighted by molar-refractivity contribution is 0.0988. The molecule has 2 saturated heterocycles. The molecule has 1 saturated carbocycles. The number of ether oxygens (including phenoxy) is 1. The molecule has 186 valence electrons. The summed E-state index contributed by atoms with van der Waals surface area (Å²) in [5, 5.41) is 22.2. The van der Waals surface area contributed by atoms with Crippen LogP contribution >= 0.6 is 0 Å². The van der Waals surface area contributed by atoms with Crippen LogP contribution in [0.5, 0.6) is 0 Å². The van der Waals surface area contributed by atoms with Crippen LogP contribution in [0.1, 0.15) is 48.5 Å². The number of aliphatic hydroxyl groups is 1. The molecule has 0 spiro atoms. The van der Waals surface area contributed by atoms with Crippen LogP contribution in [-0.4, -0.2) is 72.3 Å². The Hall–Kier alpha value is -3.57. The number of rotatable bonds is 5. The fourth-order valence-corrected chi connectivity index (χ4v) is 5.84. The Kier molecular flexibility index (Phi) is 5.14. The number of pyridine rings is 1. The number of carbonyl (C=O) groups is 1. The van der Waals surface area contributed by atoms with E-state index in [1.54, 1.807) is 16.9 Å². The summed E-state index contributed by atoms with van der Waals surface area (Å²) in [4.78, 5) is 24.6. The van der Waals surface area contributed by atoms with Crippen LogP contribution in [0.25, 0.3) is 16.6 Å². The van der Waals surface area contributed by atoms with Gasteiger partial charge in [0.05, 0.1) is 37.2 Å². The van der Waals surface area contributed by atoms with Crippen LogP contribution in [-0.2, 0) is 4.74 Å². The predicted molar refractivity (Wildman–Crippen MR) is 132 cm³/mol. The highest BCUT2D eigenvalue weighted by atomic mass is 16.5. The minimum absolute atomic E-state index is 0.262. The van der Waals surface area contributed by atoms with Gasteiger partial charge in [0.2, 0.25) is 0 Å². The number of carbonyl (C=O) groups excluding carboxylic acids is 1. The SMILES string of the molecule is O=C(Nc1cc2cn(C3CCC(CO)CC3)nc2cn1)c1cnn2ccc(N3C[C@H]4C[C@@H]3CO4)nc12. The molecule has 7 rings (SSSR count). The largest absolute Gasteiger partial charge is 0.396 e. The minimum atomic E-state index is -0.303. The molecular weight excluding hydrogens is 460 g/mol. The maximum atomic E-state index is 13.2. The van der Waals surface area contributed by atoms with Crippen LogP contribution in [0.15, 0.2) is 36.9 Å². The van der Waals surface area contributed by atoms with Gasteiger partial charge in [0.25, 0.3) is 5.91 Å². The number of amides is 1. The first-order valence-corrected chi connectivity index (χ1v) is 12.6. The van der Waals surface area contributed by atoms with Crippen LogP contribution in [0, 0.1) is 5.92 Å². The van der Waals surface area contributed by atoms with E-state index in [0.717, 1.165) is 62.0 Å². The van der Waals surface area contributed by atoms with E-state index >= 15 is 0 Å². The Morgan fingerprint density at radius 3 is 2.86 bits per heavy atom. The van der Waals surface area contributed by atoms with E-state index in [-0.39, 0.29) is 18.6 Å². The number of morpholine rings is 1. The van der Waals surface area contributed by atoms with Crippen LogP contribution < -0.4 is 10.2 Å². The van der Waals surface area contributed by atoms with Gasteiger partial charge in [0.1, 0.15) is 22.7 Å². The summed E-state index contributed by atoms with van der Waals surface area (Å²) in [5.41, 5.74) is 1.71. The highest BCUT2D eigenvalue weighted by Gasteiger charge is 2.39. The van der Waals surface area contributed by atoms with Gasteiger partial charge in [-0.05, 0) is 50.2 Å². The molecule has 2 bridgehead atoms. The smallest absolute Gasteiger partial charge is 0.262 e. The Morgan fingerprint density at radius 1 is 1.19 bits per heavy atom. The second-order valence-electron chi connectivity index (χ2n) is 10.2. The van der Waals surface area contributed by atoms with Crippen molar-refractivity contribution in [3.63, 3.8) is 0 Å². The summed E-state index contributed by atoms with van der Waals surface area (Å²) in [7, 11) is 0. The Balaban J connectivity index is 1.10. The summed E-state index contributed by atoms with van der Waals surface area (Å²) in [5.74, 6) is 1.40. The maximum absolute atomic E-state index is 13.2. The van der Waals surface area contributed by atoms with Gasteiger partial charge >= 0.3 is 0 Å². The molecule has 11 heteroatoms. The fourth-order valence-electron chi connectivity index (χ4n) is 5.84. The molecule has 6 heterocycles. The third-order valence-corrected chi connectivity index (χ3v) is 7.89. The molecule has 3 fully saturated rings. The lowest BCUT2D eigenvalue weighted by Gasteiger charge is -2.27. The van der Waals surface area contributed by atoms with Gasteiger partial charge < -0.3 is 20.1 Å². The molecule has 11 nitrogen and oxygen atoms in total. The molecule has 0 unspecified atom stereocenters. The van der Waals surface area contributed by atoms with Crippen molar-refractivity contribution in [3.8, 4) is 0 Å². The maximum Gasteiger partial charge on any atom is 0.262 e. The summed E-state index contributed by atoms with van der Waals surface area (Å²) in [6, 6.07) is 4.45. The first-order chi connectivity index (χ1) is 17.6. The van der Waals surface area contributed by atoms with Gasteiger partial charge in [0.15, 0.2) is 5.65 Å². The number of fused-ring (bicyclic) bond motifs is 4. The van der Waals surface area contributed by atoms with Crippen LogP contribution in [0.2, 0.25) is 0 Å². The van der Waals surface area contributed by atoms with Gasteiger partial charge in [-0.15, -0.1) is 0 Å². The molecule has 2 aliphatic heterocycles. The van der Waals surface area contributed by atoms with Crippen molar-refractivity contribution < 1.29 is 14.6 Å². The third-order valence-electron chi connectivity index (χ3n) is 7.89. The van der Waals surface area contributed by atoms with Crippen molar-refractivity contribution in [2.45, 2.75) is 50.3 Å². The second kappa shape index (κ2) is 8.52. The zero-order valence-corrected chi connectivity index (χ0v) is 19.8. The third kappa shape index (κ3) is 3.70. The molecule has 36 heavy (non-hydrogen) atoms. The molecule has 2 atom stereocenters. The predicted octanol–water partition coefficient (Wildman–Crippen LogP) is 2.43. The van der Waals surface area contributed by atoms with E-state index in [1.807, 2.05) is 29.2 Å². The molecule has 3 aliphatic rings. The van der Waals surface area contributed by atoms with Gasteiger partial charge in [0, 0.05) is 30.9 Å². The molecule has 0 aromatic carbocycles. The van der Waals surface area contributed by atoms with Crippen molar-refractivity contribution in [1.29, 1.82) is 0 Å². The zero-order valence-electron chi connectivity index (χ0n) is 19.8. The Labute approximate surface area is 207 Å². The zero-order chi connectivity index (χ0) is 24.2. The number of aromatic nitrogens is 6. The van der Waals surface area contributed by atoms with Gasteiger partial charge in [-0.1, -0.05) is 0 Å². The van der Waals surface area contributed by atoms with Gasteiger partial charge in [-0.25, -0.2) is 14.5 Å². The van der Waals surface area contributed by atoms with Crippen LogP contribution in [0.4, 0.5) is 11.6 Å². The number of anilines is 2. The number of hydrogen-bond donors (Lipinski definition) is 2. The highest BCUT2D eigenvalue weighted by molar-refractivity contribution is 6.08. The molecule has 4 aromatic rings. The highest BCUT2D eigenvalue weighted by Crippen LogP contribution is 2.33. The molecule has 1 amide bonds. The summed E-state index contributed by atoms with van der Waals surface area (Å²) in [6.45, 7) is 1.81. The van der Waals surface area contributed by atoms with Crippen LogP contribution in [0.3, 0.4) is 0 Å². The second-order valence-corrected chi connectivity index (χ2v) is 10.2. The number of hydrogen-bond acceptors (Lipinski definition) is 8. The quantitative estimate of drug-likeness (QED) is 0.439. The van der Waals surface area contributed by atoms with Crippen molar-refractivity contribution in [2.24, 2.45) is 5.92 Å². The molecule has 0 radical (unpaired) electrons. The van der Waals surface area contributed by atoms with E-state index in [4.69, 9.17) is 14.8 Å². The summed E-state index contributed by atoms with van der Waals surface area (Å²) >= 11 is 0. The van der Waals surface area contributed by atoms with E-state index in [1.165, 1.54) is 0 Å². The average Bonchev–Trinajstić information content (AvgIpc) is 3.71. The number of nitrogens with one attached hydrogen (secondary N) is 1. The van der Waals surface area contributed by atoms with Crippen molar-refractivity contribution in [3.05, 3.63) is 42.5 Å². The minimum Gasteiger partial charge on any atom is -0.396 e. The number of aliphatic hydroxyl groups excluding tert-OH is 1. The summed E-state index contributed by atoms with van der Waals surface area (Å²) in [6.07, 6.45) is 12.4. The lowest BCUT2D eigenvalue weighted by atomic mass is 9.87. The standard InChI is InChI=1S/C25H28N8O3/c34-13-15-1-3-17(4-2-15)33-11-16-7-22(26-10-21(16)30-33)28-25(35)20-9-27-32-6-5-23(29-24(20)32)31-12-19-8-18(31)14-36-19/h5-7,9-11,15,17-19,34H,1-4,8,12-14H2,(H,28,35)/t15?,17?,18-,19-/m1/s1. The topological polar surface area (TPSA) is 123 Å². The normalized spacial score (nSPS) is 25.8. The Morgan fingerprint density at radius 2 is 2.08 bits per heavy atom. The van der Waals surface area contributed by atoms with Crippen molar-refractivity contribution in [1.82, 2.24) is 29.4 Å². The van der Waals surface area contributed by atoms with Gasteiger partial charge in [-0.3, -0.25) is 9.48 Å². The monoisotopic (exact) mass is 488 g/mol. The fraction of sp³-hybridized carbons (Fsp3) is 0.480. The first kappa shape index (κ1) is 21.7. The van der Waals surface area contributed by atoms with Crippen molar-refractivity contribution >= 4 is 34.1 Å². The summed E-state index contributed by atoms with van der Waals surface area (Å²) < 4.78 is 9.34. The molecule has 1 aliphatic carbocycles. The van der Waals surface area contributed by atoms with Crippen molar-refractivity contribution in [2.75, 3.05) is 30.0 Å². The average molecular weight is 489 g/mol. The lowest BCUT2D eigenvalue weighted by Crippen LogP contribution is -2.37. The first-order valence-electron chi connectivity index (χ1n) is 12.6. The van der Waals surface area contributed by atoms with E-state index in [2.05, 4.69) is 20.3 Å².